The normalized spacial score (nSPS) is 16.4. The van der Waals surface area contributed by atoms with E-state index in [1.54, 1.807) is 0 Å². The lowest BCUT2D eigenvalue weighted by atomic mass is 10.2. The van der Waals surface area contributed by atoms with Crippen molar-refractivity contribution in [1.82, 2.24) is 15.3 Å². The van der Waals surface area contributed by atoms with E-state index < -0.39 is 0 Å². The number of aromatic nitrogens is 2. The van der Waals surface area contributed by atoms with Gasteiger partial charge >= 0.3 is 0 Å². The molecule has 30 heavy (non-hydrogen) atoms. The average Bonchev–Trinajstić information content (AvgIpc) is 3.64. The maximum Gasteiger partial charge on any atom is 0.270 e. The van der Waals surface area contributed by atoms with Gasteiger partial charge in [-0.3, -0.25) is 4.79 Å². The second-order valence-electron chi connectivity index (χ2n) is 7.86. The number of para-hydroxylation sites is 1. The lowest BCUT2D eigenvalue weighted by Crippen LogP contribution is -2.47. The van der Waals surface area contributed by atoms with Gasteiger partial charge in [-0.05, 0) is 25.0 Å². The smallest absolute Gasteiger partial charge is 0.270 e. The van der Waals surface area contributed by atoms with Gasteiger partial charge in [0.1, 0.15) is 11.5 Å². The van der Waals surface area contributed by atoms with Crippen molar-refractivity contribution >= 4 is 17.4 Å². The minimum atomic E-state index is -0.110. The van der Waals surface area contributed by atoms with Crippen LogP contribution in [-0.2, 0) is 0 Å². The maximum atomic E-state index is 12.7. The predicted octanol–water partition coefficient (Wildman–Crippen LogP) is 3.36. The van der Waals surface area contributed by atoms with Crippen molar-refractivity contribution in [2.75, 3.05) is 36.0 Å². The van der Waals surface area contributed by atoms with Crippen molar-refractivity contribution in [2.45, 2.75) is 18.9 Å². The van der Waals surface area contributed by atoms with Crippen LogP contribution in [0.5, 0.6) is 0 Å². The van der Waals surface area contributed by atoms with Crippen molar-refractivity contribution in [3.63, 3.8) is 0 Å². The standard InChI is InChI=1S/C24H25N5O/c30-24(25-19-11-12-19)21-17-22(27-23(26-21)18-7-3-1-4-8-18)29-15-13-28(14-16-29)20-9-5-2-6-10-20/h1-10,17,19H,11-16H2,(H,25,30). The quantitative estimate of drug-likeness (QED) is 0.713. The van der Waals surface area contributed by atoms with E-state index in [4.69, 9.17) is 4.98 Å². The molecule has 2 aliphatic rings. The molecule has 0 spiro atoms. The number of anilines is 2. The number of nitrogens with one attached hydrogen (secondary N) is 1. The first-order valence-corrected chi connectivity index (χ1v) is 10.6. The summed E-state index contributed by atoms with van der Waals surface area (Å²) in [5.41, 5.74) is 2.60. The van der Waals surface area contributed by atoms with E-state index in [-0.39, 0.29) is 5.91 Å². The van der Waals surface area contributed by atoms with E-state index in [0.29, 0.717) is 17.6 Å². The first-order chi connectivity index (χ1) is 14.8. The number of hydrogen-bond donors (Lipinski definition) is 1. The Morgan fingerprint density at radius 3 is 2.13 bits per heavy atom. The monoisotopic (exact) mass is 399 g/mol. The summed E-state index contributed by atoms with van der Waals surface area (Å²) in [7, 11) is 0. The van der Waals surface area contributed by atoms with Gasteiger partial charge in [-0.15, -0.1) is 0 Å². The molecular weight excluding hydrogens is 374 g/mol. The molecule has 3 aromatic rings. The number of nitrogens with zero attached hydrogens (tertiary/aromatic N) is 4. The molecule has 1 aromatic heterocycles. The number of rotatable bonds is 5. The van der Waals surface area contributed by atoms with Gasteiger partial charge in [0, 0.05) is 49.5 Å². The first kappa shape index (κ1) is 18.6. The molecule has 6 nitrogen and oxygen atoms in total. The van der Waals surface area contributed by atoms with Gasteiger partial charge in [0.25, 0.3) is 5.91 Å². The van der Waals surface area contributed by atoms with Gasteiger partial charge in [0.15, 0.2) is 5.82 Å². The highest BCUT2D eigenvalue weighted by atomic mass is 16.2. The van der Waals surface area contributed by atoms with Crippen LogP contribution in [0.1, 0.15) is 23.3 Å². The van der Waals surface area contributed by atoms with Gasteiger partial charge in [0.05, 0.1) is 0 Å². The van der Waals surface area contributed by atoms with E-state index in [1.807, 2.05) is 42.5 Å². The van der Waals surface area contributed by atoms with Crippen LogP contribution in [0.4, 0.5) is 11.5 Å². The third-order valence-corrected chi connectivity index (χ3v) is 5.61. The fourth-order valence-corrected chi connectivity index (χ4v) is 3.75. The lowest BCUT2D eigenvalue weighted by Gasteiger charge is -2.36. The van der Waals surface area contributed by atoms with Gasteiger partial charge in [0.2, 0.25) is 0 Å². The molecule has 2 heterocycles. The summed E-state index contributed by atoms with van der Waals surface area (Å²) in [5, 5.41) is 3.05. The van der Waals surface area contributed by atoms with Crippen molar-refractivity contribution < 1.29 is 4.79 Å². The molecule has 0 radical (unpaired) electrons. The van der Waals surface area contributed by atoms with E-state index in [9.17, 15) is 4.79 Å². The molecule has 5 rings (SSSR count). The predicted molar refractivity (Wildman–Crippen MR) is 119 cm³/mol. The fourth-order valence-electron chi connectivity index (χ4n) is 3.75. The molecule has 1 amide bonds. The van der Waals surface area contributed by atoms with E-state index in [1.165, 1.54) is 5.69 Å². The SMILES string of the molecule is O=C(NC1CC1)c1cc(N2CCN(c3ccccc3)CC2)nc(-c2ccccc2)n1. The number of carbonyl (C=O) groups is 1. The number of piperazine rings is 1. The van der Waals surface area contributed by atoms with Crippen molar-refractivity contribution in [1.29, 1.82) is 0 Å². The van der Waals surface area contributed by atoms with Crippen LogP contribution in [0.2, 0.25) is 0 Å². The Balaban J connectivity index is 1.40. The molecule has 1 saturated carbocycles. The highest BCUT2D eigenvalue weighted by Crippen LogP contribution is 2.24. The largest absolute Gasteiger partial charge is 0.368 e. The lowest BCUT2D eigenvalue weighted by molar-refractivity contribution is 0.0946. The van der Waals surface area contributed by atoms with Crippen molar-refractivity contribution in [2.24, 2.45) is 0 Å². The number of amides is 1. The third kappa shape index (κ3) is 4.13. The molecule has 1 aliphatic carbocycles. The topological polar surface area (TPSA) is 61.4 Å². The Labute approximate surface area is 176 Å². The molecule has 0 bridgehead atoms. The van der Waals surface area contributed by atoms with Crippen LogP contribution < -0.4 is 15.1 Å². The molecule has 0 unspecified atom stereocenters. The van der Waals surface area contributed by atoms with Crippen molar-refractivity contribution in [3.05, 3.63) is 72.4 Å². The zero-order valence-electron chi connectivity index (χ0n) is 16.9. The second-order valence-corrected chi connectivity index (χ2v) is 7.86. The molecule has 6 heteroatoms. The molecular formula is C24H25N5O. The van der Waals surface area contributed by atoms with Crippen molar-refractivity contribution in [3.8, 4) is 11.4 Å². The number of hydrogen-bond acceptors (Lipinski definition) is 5. The summed E-state index contributed by atoms with van der Waals surface area (Å²) in [6, 6.07) is 22.5. The Morgan fingerprint density at radius 1 is 0.833 bits per heavy atom. The highest BCUT2D eigenvalue weighted by molar-refractivity contribution is 5.94. The van der Waals surface area contributed by atoms with Crippen LogP contribution in [0.25, 0.3) is 11.4 Å². The second kappa shape index (κ2) is 8.14. The van der Waals surface area contributed by atoms with Crippen LogP contribution in [-0.4, -0.2) is 48.1 Å². The van der Waals surface area contributed by atoms with Crippen LogP contribution in [0.15, 0.2) is 66.7 Å². The minimum Gasteiger partial charge on any atom is -0.368 e. The Bertz CT molecular complexity index is 1010. The van der Waals surface area contributed by atoms with Gasteiger partial charge < -0.3 is 15.1 Å². The van der Waals surface area contributed by atoms with Crippen LogP contribution in [0.3, 0.4) is 0 Å². The van der Waals surface area contributed by atoms with Crippen LogP contribution >= 0.6 is 0 Å². The molecule has 152 valence electrons. The molecule has 1 saturated heterocycles. The Kier molecular flexibility index (Phi) is 5.05. The fraction of sp³-hybridized carbons (Fsp3) is 0.292. The van der Waals surface area contributed by atoms with Gasteiger partial charge in [-0.25, -0.2) is 9.97 Å². The number of carbonyl (C=O) groups excluding carboxylic acids is 1. The number of benzene rings is 2. The summed E-state index contributed by atoms with van der Waals surface area (Å²) in [6.07, 6.45) is 2.10. The molecule has 1 N–H and O–H groups in total. The zero-order chi connectivity index (χ0) is 20.3. The van der Waals surface area contributed by atoms with Gasteiger partial charge in [-0.1, -0.05) is 48.5 Å². The maximum absolute atomic E-state index is 12.7. The molecule has 1 aliphatic heterocycles. The van der Waals surface area contributed by atoms with Gasteiger partial charge in [-0.2, -0.15) is 0 Å². The summed E-state index contributed by atoms with van der Waals surface area (Å²) in [6.45, 7) is 3.53. The third-order valence-electron chi connectivity index (χ3n) is 5.61. The summed E-state index contributed by atoms with van der Waals surface area (Å²) in [4.78, 5) is 26.8. The summed E-state index contributed by atoms with van der Waals surface area (Å²) < 4.78 is 0. The summed E-state index contributed by atoms with van der Waals surface area (Å²) in [5.74, 6) is 1.30. The Morgan fingerprint density at radius 2 is 1.47 bits per heavy atom. The van der Waals surface area contributed by atoms with E-state index in [2.05, 4.69) is 44.4 Å². The average molecular weight is 399 g/mol. The van der Waals surface area contributed by atoms with E-state index >= 15 is 0 Å². The highest BCUT2D eigenvalue weighted by Gasteiger charge is 2.26. The Hall–Kier alpha value is -3.41. The van der Waals surface area contributed by atoms with E-state index in [0.717, 1.165) is 50.4 Å². The summed E-state index contributed by atoms with van der Waals surface area (Å²) >= 11 is 0. The molecule has 2 aromatic carbocycles. The molecule has 0 atom stereocenters. The molecule has 2 fully saturated rings. The first-order valence-electron chi connectivity index (χ1n) is 10.6. The zero-order valence-corrected chi connectivity index (χ0v) is 16.9. The van der Waals surface area contributed by atoms with Crippen LogP contribution in [0, 0.1) is 0 Å². The minimum absolute atomic E-state index is 0.110.